The van der Waals surface area contributed by atoms with Crippen LogP contribution in [0.4, 0.5) is 0 Å². The van der Waals surface area contributed by atoms with Crippen molar-refractivity contribution in [3.63, 3.8) is 0 Å². The van der Waals surface area contributed by atoms with Gasteiger partial charge in [0, 0.05) is 12.2 Å². The van der Waals surface area contributed by atoms with Crippen LogP contribution in [0, 0.1) is 0 Å². The number of benzene rings is 1. The zero-order valence-electron chi connectivity index (χ0n) is 11.9. The van der Waals surface area contributed by atoms with E-state index in [4.69, 9.17) is 10.5 Å². The maximum atomic E-state index is 11.6. The van der Waals surface area contributed by atoms with E-state index >= 15 is 0 Å². The Morgan fingerprint density at radius 3 is 2.00 bits per heavy atom. The fourth-order valence-electron chi connectivity index (χ4n) is 1.48. The predicted octanol–water partition coefficient (Wildman–Crippen LogP) is 2.54. The Kier molecular flexibility index (Phi) is 5.26. The number of esters is 1. The van der Waals surface area contributed by atoms with Gasteiger partial charge in [-0.15, -0.1) is 0 Å². The van der Waals surface area contributed by atoms with Crippen molar-refractivity contribution in [2.24, 2.45) is 5.73 Å². The van der Waals surface area contributed by atoms with Crippen LogP contribution in [-0.2, 0) is 14.3 Å². The molecule has 0 radical (unpaired) electrons. The molecule has 0 saturated heterocycles. The van der Waals surface area contributed by atoms with E-state index in [1.165, 1.54) is 12.2 Å². The highest BCUT2D eigenvalue weighted by molar-refractivity contribution is 5.92. The van der Waals surface area contributed by atoms with Crippen LogP contribution in [0.2, 0.25) is 0 Å². The molecular formula is C16H19NO3. The lowest BCUT2D eigenvalue weighted by Gasteiger charge is -2.17. The minimum absolute atomic E-state index is 0.411. The molecule has 0 heterocycles. The summed E-state index contributed by atoms with van der Waals surface area (Å²) in [5.41, 5.74) is 6.14. The zero-order valence-corrected chi connectivity index (χ0v) is 11.9. The standard InChI is InChI=1S/C16H19NO3/c1-16(2,3)20-15(19)11-9-13-7-5-4-6-12(13)8-10-14(17)18/h4-11H,1-3H3,(H2,17,18)/b10-8-,11-9+. The van der Waals surface area contributed by atoms with Gasteiger partial charge in [-0.3, -0.25) is 4.79 Å². The van der Waals surface area contributed by atoms with E-state index in [1.54, 1.807) is 12.2 Å². The first-order valence-corrected chi connectivity index (χ1v) is 6.25. The van der Waals surface area contributed by atoms with Gasteiger partial charge >= 0.3 is 5.97 Å². The third-order valence-electron chi connectivity index (χ3n) is 2.23. The van der Waals surface area contributed by atoms with Gasteiger partial charge in [-0.1, -0.05) is 24.3 Å². The minimum atomic E-state index is -0.521. The van der Waals surface area contributed by atoms with Crippen molar-refractivity contribution in [2.75, 3.05) is 0 Å². The maximum absolute atomic E-state index is 11.6. The number of rotatable bonds is 4. The molecule has 1 aromatic carbocycles. The van der Waals surface area contributed by atoms with Gasteiger partial charge in [0.05, 0.1) is 0 Å². The van der Waals surface area contributed by atoms with Crippen LogP contribution in [0.5, 0.6) is 0 Å². The molecule has 0 unspecified atom stereocenters. The summed E-state index contributed by atoms with van der Waals surface area (Å²) < 4.78 is 5.18. The van der Waals surface area contributed by atoms with E-state index in [2.05, 4.69) is 0 Å². The molecule has 0 bridgehead atoms. The van der Waals surface area contributed by atoms with Crippen molar-refractivity contribution in [2.45, 2.75) is 26.4 Å². The van der Waals surface area contributed by atoms with Gasteiger partial charge in [0.25, 0.3) is 0 Å². The molecule has 2 N–H and O–H groups in total. The average Bonchev–Trinajstić information content (AvgIpc) is 2.32. The molecule has 20 heavy (non-hydrogen) atoms. The molecule has 1 amide bonds. The lowest BCUT2D eigenvalue weighted by Crippen LogP contribution is -2.22. The Labute approximate surface area is 118 Å². The summed E-state index contributed by atoms with van der Waals surface area (Å²) in [6.07, 6.45) is 5.90. The molecular weight excluding hydrogens is 254 g/mol. The lowest BCUT2D eigenvalue weighted by atomic mass is 10.1. The summed E-state index contributed by atoms with van der Waals surface area (Å²) in [5, 5.41) is 0. The van der Waals surface area contributed by atoms with E-state index in [1.807, 2.05) is 45.0 Å². The molecule has 0 atom stereocenters. The third-order valence-corrected chi connectivity index (χ3v) is 2.23. The predicted molar refractivity (Wildman–Crippen MR) is 79.5 cm³/mol. The lowest BCUT2D eigenvalue weighted by molar-refractivity contribution is -0.148. The molecule has 1 aromatic rings. The second-order valence-corrected chi connectivity index (χ2v) is 5.23. The largest absolute Gasteiger partial charge is 0.457 e. The average molecular weight is 273 g/mol. The molecule has 0 aliphatic rings. The third kappa shape index (κ3) is 6.00. The molecule has 0 saturated carbocycles. The van der Waals surface area contributed by atoms with Gasteiger partial charge in [-0.2, -0.15) is 0 Å². The summed E-state index contributed by atoms with van der Waals surface area (Å²) in [6.45, 7) is 5.42. The van der Waals surface area contributed by atoms with Gasteiger partial charge in [0.1, 0.15) is 5.60 Å². The number of primary amides is 1. The summed E-state index contributed by atoms with van der Waals surface area (Å²) in [5.74, 6) is -0.929. The van der Waals surface area contributed by atoms with Crippen LogP contribution < -0.4 is 5.73 Å². The molecule has 0 spiro atoms. The molecule has 4 heteroatoms. The quantitative estimate of drug-likeness (QED) is 0.677. The molecule has 1 rings (SSSR count). The fourth-order valence-corrected chi connectivity index (χ4v) is 1.48. The van der Waals surface area contributed by atoms with Crippen LogP contribution in [-0.4, -0.2) is 17.5 Å². The van der Waals surface area contributed by atoms with Gasteiger partial charge in [0.2, 0.25) is 5.91 Å². The van der Waals surface area contributed by atoms with E-state index in [-0.39, 0.29) is 0 Å². The summed E-state index contributed by atoms with van der Waals surface area (Å²) >= 11 is 0. The highest BCUT2D eigenvalue weighted by Crippen LogP contribution is 2.13. The number of carbonyl (C=O) groups is 2. The van der Waals surface area contributed by atoms with Crippen LogP contribution in [0.25, 0.3) is 12.2 Å². The molecule has 0 aliphatic heterocycles. The summed E-state index contributed by atoms with van der Waals surface area (Å²) in [6, 6.07) is 7.34. The second kappa shape index (κ2) is 6.70. The van der Waals surface area contributed by atoms with Crippen LogP contribution in [0.3, 0.4) is 0 Å². The van der Waals surface area contributed by atoms with E-state index in [9.17, 15) is 9.59 Å². The van der Waals surface area contributed by atoms with Crippen molar-refractivity contribution < 1.29 is 14.3 Å². The first-order valence-electron chi connectivity index (χ1n) is 6.25. The van der Waals surface area contributed by atoms with E-state index in [0.29, 0.717) is 0 Å². The van der Waals surface area contributed by atoms with Crippen LogP contribution >= 0.6 is 0 Å². The maximum Gasteiger partial charge on any atom is 0.331 e. The van der Waals surface area contributed by atoms with Gasteiger partial charge in [-0.25, -0.2) is 4.79 Å². The van der Waals surface area contributed by atoms with E-state index < -0.39 is 17.5 Å². The number of ether oxygens (including phenoxy) is 1. The van der Waals surface area contributed by atoms with Crippen LogP contribution in [0.1, 0.15) is 31.9 Å². The Balaban J connectivity index is 2.87. The molecule has 0 aliphatic carbocycles. The number of hydrogen-bond acceptors (Lipinski definition) is 3. The number of amides is 1. The minimum Gasteiger partial charge on any atom is -0.457 e. The number of nitrogens with two attached hydrogens (primary N) is 1. The van der Waals surface area contributed by atoms with E-state index in [0.717, 1.165) is 11.1 Å². The van der Waals surface area contributed by atoms with Crippen molar-refractivity contribution in [3.8, 4) is 0 Å². The normalized spacial score (nSPS) is 11.9. The Bertz CT molecular complexity index is 551. The highest BCUT2D eigenvalue weighted by Gasteiger charge is 2.13. The van der Waals surface area contributed by atoms with Gasteiger partial charge in [-0.05, 0) is 44.1 Å². The SMILES string of the molecule is CC(C)(C)OC(=O)/C=C/c1ccccc1/C=C\C(N)=O. The Morgan fingerprint density at radius 2 is 1.55 bits per heavy atom. The number of carbonyl (C=O) groups excluding carboxylic acids is 2. The van der Waals surface area contributed by atoms with Crippen molar-refractivity contribution in [1.29, 1.82) is 0 Å². The highest BCUT2D eigenvalue weighted by atomic mass is 16.6. The molecule has 0 fully saturated rings. The first-order chi connectivity index (χ1) is 9.28. The summed E-state index contributed by atoms with van der Waals surface area (Å²) in [7, 11) is 0. The first kappa shape index (κ1) is 15.7. The Morgan fingerprint density at radius 1 is 1.05 bits per heavy atom. The van der Waals surface area contributed by atoms with Crippen LogP contribution in [0.15, 0.2) is 36.4 Å². The monoisotopic (exact) mass is 273 g/mol. The second-order valence-electron chi connectivity index (χ2n) is 5.23. The van der Waals surface area contributed by atoms with Crippen molar-refractivity contribution >= 4 is 24.0 Å². The van der Waals surface area contributed by atoms with Gasteiger partial charge in [0.15, 0.2) is 0 Å². The smallest absolute Gasteiger partial charge is 0.331 e. The fraction of sp³-hybridized carbons (Fsp3) is 0.250. The molecule has 0 aromatic heterocycles. The molecule has 4 nitrogen and oxygen atoms in total. The van der Waals surface area contributed by atoms with Crippen molar-refractivity contribution in [1.82, 2.24) is 0 Å². The number of hydrogen-bond donors (Lipinski definition) is 1. The topological polar surface area (TPSA) is 69.4 Å². The zero-order chi connectivity index (χ0) is 15.2. The van der Waals surface area contributed by atoms with Gasteiger partial charge < -0.3 is 10.5 Å². The summed E-state index contributed by atoms with van der Waals surface area (Å²) in [4.78, 5) is 22.4. The Hall–Kier alpha value is -2.36. The molecule has 106 valence electrons. The van der Waals surface area contributed by atoms with Crippen molar-refractivity contribution in [3.05, 3.63) is 47.5 Å².